The molecule has 1 aromatic carbocycles. The predicted octanol–water partition coefficient (Wildman–Crippen LogP) is 10.3. The number of fused-ring (bicyclic) bond motifs is 1. The lowest BCUT2D eigenvalue weighted by atomic mass is 9.67. The molecule has 0 radical (unpaired) electrons. The Balaban J connectivity index is 1.57. The smallest absolute Gasteiger partial charge is 0.0449 e. The van der Waals surface area contributed by atoms with E-state index in [4.69, 9.17) is 0 Å². The minimum atomic E-state index is 0.102. The number of rotatable bonds is 11. The van der Waals surface area contributed by atoms with Crippen LogP contribution in [0.1, 0.15) is 129 Å². The third kappa shape index (κ3) is 7.34. The maximum absolute atomic E-state index is 4.42. The summed E-state index contributed by atoms with van der Waals surface area (Å²) >= 11 is 0. The van der Waals surface area contributed by atoms with E-state index < -0.39 is 0 Å². The highest BCUT2D eigenvalue weighted by Gasteiger charge is 2.35. The third-order valence-corrected chi connectivity index (χ3v) is 11.2. The largest absolute Gasteiger partial charge is 0.379 e. The van der Waals surface area contributed by atoms with E-state index in [0.29, 0.717) is 11.3 Å². The van der Waals surface area contributed by atoms with Crippen molar-refractivity contribution in [3.05, 3.63) is 53.8 Å². The fourth-order valence-electron chi connectivity index (χ4n) is 8.28. The van der Waals surface area contributed by atoms with Gasteiger partial charge in [-0.15, -0.1) is 6.58 Å². The van der Waals surface area contributed by atoms with Gasteiger partial charge in [0.15, 0.2) is 0 Å². The highest BCUT2D eigenvalue weighted by Crippen LogP contribution is 2.45. The van der Waals surface area contributed by atoms with Gasteiger partial charge in [0.2, 0.25) is 0 Å². The van der Waals surface area contributed by atoms with E-state index in [1.807, 2.05) is 0 Å². The second kappa shape index (κ2) is 12.9. The van der Waals surface area contributed by atoms with Gasteiger partial charge in [-0.2, -0.15) is 0 Å². The monoisotopic (exact) mass is 532 g/mol. The normalized spacial score (nSPS) is 28.5. The molecular weight excluding hydrogens is 472 g/mol. The van der Waals surface area contributed by atoms with Crippen LogP contribution in [0.5, 0.6) is 0 Å². The molecular formula is C37H60N2. The van der Waals surface area contributed by atoms with Crippen LogP contribution in [0.3, 0.4) is 0 Å². The molecule has 218 valence electrons. The first-order chi connectivity index (χ1) is 18.6. The molecule has 1 aliphatic heterocycles. The van der Waals surface area contributed by atoms with Crippen molar-refractivity contribution in [3.8, 4) is 0 Å². The first kappa shape index (κ1) is 30.3. The molecule has 1 atom stereocenters. The lowest BCUT2D eigenvalue weighted by molar-refractivity contribution is 0.150. The van der Waals surface area contributed by atoms with Crippen LogP contribution >= 0.6 is 0 Å². The summed E-state index contributed by atoms with van der Waals surface area (Å²) in [6, 6.07) is 4.95. The number of anilines is 1. The molecule has 0 spiro atoms. The summed E-state index contributed by atoms with van der Waals surface area (Å²) < 4.78 is 0. The van der Waals surface area contributed by atoms with Crippen molar-refractivity contribution in [2.75, 3.05) is 11.9 Å². The molecule has 0 amide bonds. The molecule has 39 heavy (non-hydrogen) atoms. The number of nitrogens with zero attached hydrogens (tertiary/aromatic N) is 1. The van der Waals surface area contributed by atoms with Crippen LogP contribution < -0.4 is 5.32 Å². The van der Waals surface area contributed by atoms with Gasteiger partial charge in [0.05, 0.1) is 0 Å². The summed E-state index contributed by atoms with van der Waals surface area (Å²) in [5.74, 6) is 3.10. The van der Waals surface area contributed by atoms with E-state index in [9.17, 15) is 0 Å². The Hall–Kier alpha value is -1.70. The molecule has 0 bridgehead atoms. The maximum Gasteiger partial charge on any atom is 0.0449 e. The summed E-state index contributed by atoms with van der Waals surface area (Å²) in [5.41, 5.74) is 7.98. The Kier molecular flexibility index (Phi) is 9.98. The highest BCUT2D eigenvalue weighted by molar-refractivity contribution is 5.63. The number of allylic oxidation sites excluding steroid dienone is 2. The quantitative estimate of drug-likeness (QED) is 0.285. The van der Waals surface area contributed by atoms with Crippen molar-refractivity contribution in [3.63, 3.8) is 0 Å². The van der Waals surface area contributed by atoms with Crippen LogP contribution in [0.4, 0.5) is 5.69 Å². The molecule has 2 aliphatic carbocycles. The first-order valence-corrected chi connectivity index (χ1v) is 16.5. The minimum Gasteiger partial charge on any atom is -0.379 e. The van der Waals surface area contributed by atoms with Crippen molar-refractivity contribution < 1.29 is 0 Å². The molecule has 0 unspecified atom stereocenters. The second-order valence-corrected chi connectivity index (χ2v) is 14.7. The number of hydrogen-bond donors (Lipinski definition) is 1. The van der Waals surface area contributed by atoms with Crippen LogP contribution in [0, 0.1) is 29.1 Å². The van der Waals surface area contributed by atoms with Crippen LogP contribution in [0.25, 0.3) is 0 Å². The molecule has 2 saturated carbocycles. The van der Waals surface area contributed by atoms with Crippen LogP contribution in [-0.4, -0.2) is 17.0 Å². The zero-order chi connectivity index (χ0) is 28.2. The van der Waals surface area contributed by atoms with Gasteiger partial charge in [-0.05, 0) is 124 Å². The summed E-state index contributed by atoms with van der Waals surface area (Å²) in [6.07, 6.45) is 19.1. The lowest BCUT2D eigenvalue weighted by Crippen LogP contribution is -2.42. The molecule has 2 fully saturated rings. The zero-order valence-corrected chi connectivity index (χ0v) is 26.5. The third-order valence-electron chi connectivity index (χ3n) is 11.2. The van der Waals surface area contributed by atoms with E-state index in [1.165, 1.54) is 82.0 Å². The Morgan fingerprint density at radius 1 is 1.13 bits per heavy atom. The molecule has 1 heterocycles. The number of nitrogens with one attached hydrogen (secondary N) is 1. The molecule has 0 aromatic heterocycles. The van der Waals surface area contributed by atoms with Gasteiger partial charge in [0, 0.05) is 30.0 Å². The second-order valence-electron chi connectivity index (χ2n) is 14.7. The van der Waals surface area contributed by atoms with Gasteiger partial charge >= 0.3 is 0 Å². The summed E-state index contributed by atoms with van der Waals surface area (Å²) in [5, 5.41) is 4.26. The summed E-state index contributed by atoms with van der Waals surface area (Å²) in [6.45, 7) is 25.3. The lowest BCUT2D eigenvalue weighted by Gasteiger charge is -2.43. The van der Waals surface area contributed by atoms with E-state index in [0.717, 1.165) is 43.7 Å². The molecule has 4 rings (SSSR count). The van der Waals surface area contributed by atoms with Crippen LogP contribution in [0.2, 0.25) is 0 Å². The topological polar surface area (TPSA) is 15.3 Å². The average molecular weight is 533 g/mol. The van der Waals surface area contributed by atoms with Crippen molar-refractivity contribution in [1.82, 2.24) is 4.90 Å². The van der Waals surface area contributed by atoms with Gasteiger partial charge < -0.3 is 10.2 Å². The van der Waals surface area contributed by atoms with E-state index in [-0.39, 0.29) is 5.54 Å². The van der Waals surface area contributed by atoms with Crippen molar-refractivity contribution in [2.45, 2.75) is 137 Å². The Labute approximate surface area is 242 Å². The van der Waals surface area contributed by atoms with Crippen molar-refractivity contribution in [1.29, 1.82) is 0 Å². The fraction of sp³-hybridized carbons (Fsp3) is 0.730. The molecule has 2 nitrogen and oxygen atoms in total. The van der Waals surface area contributed by atoms with Gasteiger partial charge in [0.1, 0.15) is 0 Å². The van der Waals surface area contributed by atoms with Crippen LogP contribution in [0.15, 0.2) is 37.1 Å². The SMILES string of the molecule is C=C[C@H]1CC[C@@](C)(C[C@H](C)Cc2ccc3c(c2NC(C)(C)[C@H]2CC[C@H](CC)CC2)CN(C(=C)CC)CC3)CC1. The number of benzene rings is 1. The maximum atomic E-state index is 4.42. The Bertz CT molecular complexity index is 971. The predicted molar refractivity (Wildman–Crippen MR) is 171 cm³/mol. The van der Waals surface area contributed by atoms with E-state index in [1.54, 1.807) is 16.7 Å². The van der Waals surface area contributed by atoms with Gasteiger partial charge in [-0.1, -0.05) is 71.7 Å². The minimum absolute atomic E-state index is 0.102. The Morgan fingerprint density at radius 3 is 2.44 bits per heavy atom. The first-order valence-electron chi connectivity index (χ1n) is 16.5. The van der Waals surface area contributed by atoms with Crippen LogP contribution in [-0.2, 0) is 19.4 Å². The molecule has 3 aliphatic rings. The van der Waals surface area contributed by atoms with E-state index >= 15 is 0 Å². The number of hydrogen-bond acceptors (Lipinski definition) is 2. The van der Waals surface area contributed by atoms with Gasteiger partial charge in [-0.25, -0.2) is 0 Å². The average Bonchev–Trinajstić information content (AvgIpc) is 2.93. The standard InChI is InChI=1S/C37H60N2/c1-9-28(5)39-23-20-31-14-15-32(24-27(4)25-37(8)21-18-30(11-3)19-22-37)35(34(31)26-39)38-36(6,7)33-16-12-29(10-2)13-17-33/h11,14-15,27,29-30,33,38H,3,5,9-10,12-13,16-26H2,1-2,4,6-8H3/t27-,29-,30-,33-,37+/m1/s1. The molecule has 1 aromatic rings. The van der Waals surface area contributed by atoms with Crippen molar-refractivity contribution in [2.24, 2.45) is 29.1 Å². The van der Waals surface area contributed by atoms with Crippen molar-refractivity contribution >= 4 is 5.69 Å². The zero-order valence-electron chi connectivity index (χ0n) is 26.5. The molecule has 0 saturated heterocycles. The Morgan fingerprint density at radius 2 is 1.82 bits per heavy atom. The molecule has 2 heteroatoms. The summed E-state index contributed by atoms with van der Waals surface area (Å²) in [7, 11) is 0. The molecule has 1 N–H and O–H groups in total. The van der Waals surface area contributed by atoms with E-state index in [2.05, 4.69) is 83.1 Å². The summed E-state index contributed by atoms with van der Waals surface area (Å²) in [4.78, 5) is 2.54. The highest BCUT2D eigenvalue weighted by atomic mass is 15.1. The van der Waals surface area contributed by atoms with Gasteiger partial charge in [-0.3, -0.25) is 0 Å². The van der Waals surface area contributed by atoms with Gasteiger partial charge in [0.25, 0.3) is 0 Å². The fourth-order valence-corrected chi connectivity index (χ4v) is 8.28.